The molecule has 0 amide bonds. The summed E-state index contributed by atoms with van der Waals surface area (Å²) in [6.07, 6.45) is 2.94. The first-order valence-corrected chi connectivity index (χ1v) is 8.91. The Bertz CT molecular complexity index is 411. The largest absolute Gasteiger partial charge is 0.396 e. The second-order valence-electron chi connectivity index (χ2n) is 5.85. The first-order chi connectivity index (χ1) is 9.69. The molecule has 1 rings (SSSR count). The highest BCUT2D eigenvalue weighted by Crippen LogP contribution is 2.61. The smallest absolute Gasteiger partial charge is 0.357 e. The van der Waals surface area contributed by atoms with Crippen molar-refractivity contribution in [1.29, 1.82) is 0 Å². The molecule has 0 bridgehead atoms. The Kier molecular flexibility index (Phi) is 6.53. The van der Waals surface area contributed by atoms with Gasteiger partial charge in [-0.05, 0) is 20.0 Å². The summed E-state index contributed by atoms with van der Waals surface area (Å²) in [5, 5.41) is 17.0. The van der Waals surface area contributed by atoms with Crippen LogP contribution in [0.4, 0.5) is 0 Å². The van der Waals surface area contributed by atoms with E-state index in [9.17, 15) is 24.3 Å². The zero-order valence-electron chi connectivity index (χ0n) is 12.6. The van der Waals surface area contributed by atoms with E-state index in [-0.39, 0.29) is 13.0 Å². The van der Waals surface area contributed by atoms with E-state index >= 15 is 0 Å². The number of hydrogen-bond donors (Lipinski definition) is 4. The summed E-state index contributed by atoms with van der Waals surface area (Å²) in [7, 11) is -3.05. The van der Waals surface area contributed by atoms with E-state index in [1.54, 1.807) is 0 Å². The van der Waals surface area contributed by atoms with Crippen molar-refractivity contribution < 1.29 is 29.4 Å². The summed E-state index contributed by atoms with van der Waals surface area (Å²) in [5.41, 5.74) is 0. The molecular weight excluding hydrogens is 297 g/mol. The van der Waals surface area contributed by atoms with Crippen LogP contribution in [-0.2, 0) is 9.36 Å². The Balaban J connectivity index is 2.64. The Morgan fingerprint density at radius 3 is 2.33 bits per heavy atom. The number of carbonyl (C=O) groups is 1. The van der Waals surface area contributed by atoms with Crippen LogP contribution in [0.15, 0.2) is 0 Å². The molecule has 3 unspecified atom stereocenters. The number of carbonyl (C=O) groups excluding carboxylic acids is 1. The molecule has 0 heterocycles. The van der Waals surface area contributed by atoms with Crippen molar-refractivity contribution in [3.63, 3.8) is 0 Å². The van der Waals surface area contributed by atoms with Crippen LogP contribution in [0.3, 0.4) is 0 Å². The van der Waals surface area contributed by atoms with Crippen LogP contribution in [0.5, 0.6) is 0 Å². The summed E-state index contributed by atoms with van der Waals surface area (Å²) in [5.74, 6) is -2.49. The number of unbranched alkanes of at least 4 members (excludes halogenated alkanes) is 2. The molecule has 0 aromatic heterocycles. The normalized spacial score (nSPS) is 25.2. The van der Waals surface area contributed by atoms with Crippen LogP contribution >= 0.6 is 7.60 Å². The highest BCUT2D eigenvalue weighted by Gasteiger charge is 2.66. The van der Waals surface area contributed by atoms with Crippen LogP contribution < -0.4 is 0 Å². The van der Waals surface area contributed by atoms with Crippen molar-refractivity contribution >= 4 is 13.4 Å². The van der Waals surface area contributed by atoms with Gasteiger partial charge in [-0.25, -0.2) is 0 Å². The third-order valence-electron chi connectivity index (χ3n) is 4.17. The highest BCUT2D eigenvalue weighted by molar-refractivity contribution is 7.53. The fraction of sp³-hybridized carbons (Fsp3) is 0.923. The maximum atomic E-state index is 11.6. The minimum atomic E-state index is -4.86. The van der Waals surface area contributed by atoms with Gasteiger partial charge in [0, 0.05) is 13.0 Å². The minimum Gasteiger partial charge on any atom is -0.396 e. The molecule has 0 aromatic rings. The standard InChI is InChI=1S/C13H26NO6P/c1-3-4-5-7-14(2)8-6-13(17,21(18,19)20)11-10(9-15)12(11)16/h10-11,15,17H,3-9H2,1-2H3,(H2,18,19,20). The van der Waals surface area contributed by atoms with Gasteiger partial charge in [0.2, 0.25) is 0 Å². The highest BCUT2D eigenvalue weighted by atomic mass is 31.2. The average molecular weight is 323 g/mol. The summed E-state index contributed by atoms with van der Waals surface area (Å²) < 4.78 is 11.6. The van der Waals surface area contributed by atoms with Crippen LogP contribution in [0, 0.1) is 11.8 Å². The third kappa shape index (κ3) is 4.34. The van der Waals surface area contributed by atoms with Gasteiger partial charge in [-0.3, -0.25) is 9.36 Å². The molecule has 1 fully saturated rings. The lowest BCUT2D eigenvalue weighted by Gasteiger charge is -2.30. The van der Waals surface area contributed by atoms with Crippen LogP contribution in [0.2, 0.25) is 0 Å². The van der Waals surface area contributed by atoms with E-state index in [0.29, 0.717) is 0 Å². The van der Waals surface area contributed by atoms with E-state index in [4.69, 9.17) is 5.11 Å². The molecule has 0 aliphatic heterocycles. The quantitative estimate of drug-likeness (QED) is 0.334. The molecule has 3 atom stereocenters. The number of aliphatic hydroxyl groups excluding tert-OH is 1. The number of aliphatic hydroxyl groups is 2. The summed E-state index contributed by atoms with van der Waals surface area (Å²) in [6.45, 7) is 2.65. The van der Waals surface area contributed by atoms with Gasteiger partial charge in [0.25, 0.3) is 0 Å². The lowest BCUT2D eigenvalue weighted by Crippen LogP contribution is -2.37. The maximum Gasteiger partial charge on any atom is 0.357 e. The molecule has 1 aliphatic rings. The summed E-state index contributed by atoms with van der Waals surface area (Å²) in [4.78, 5) is 32.2. The van der Waals surface area contributed by atoms with Crippen LogP contribution in [0.25, 0.3) is 0 Å². The summed E-state index contributed by atoms with van der Waals surface area (Å²) in [6, 6.07) is 0. The molecule has 8 heteroatoms. The topological polar surface area (TPSA) is 118 Å². The molecule has 0 aromatic carbocycles. The van der Waals surface area contributed by atoms with Gasteiger partial charge >= 0.3 is 7.60 Å². The number of rotatable bonds is 10. The third-order valence-corrected chi connectivity index (χ3v) is 5.68. The average Bonchev–Trinajstić information content (AvgIpc) is 3.06. The molecule has 7 nitrogen and oxygen atoms in total. The van der Waals surface area contributed by atoms with Gasteiger partial charge in [0.1, 0.15) is 5.78 Å². The van der Waals surface area contributed by atoms with Crippen molar-refractivity contribution in [1.82, 2.24) is 4.90 Å². The van der Waals surface area contributed by atoms with Gasteiger partial charge in [-0.1, -0.05) is 19.8 Å². The van der Waals surface area contributed by atoms with Crippen molar-refractivity contribution in [3.05, 3.63) is 0 Å². The van der Waals surface area contributed by atoms with Crippen molar-refractivity contribution in [2.45, 2.75) is 37.9 Å². The second-order valence-corrected chi connectivity index (χ2v) is 7.71. The molecular formula is C13H26NO6P. The SMILES string of the molecule is CCCCCN(C)CCC(O)(C1C(=O)C1CO)P(=O)(O)O. The Hall–Kier alpha value is -0.300. The van der Waals surface area contributed by atoms with Crippen LogP contribution in [-0.4, -0.2) is 62.8 Å². The lowest BCUT2D eigenvalue weighted by atomic mass is 10.1. The number of Topliss-reactive ketones (excluding diaryl/α,β-unsaturated/α-hetero) is 1. The molecule has 0 spiro atoms. The van der Waals surface area contributed by atoms with Gasteiger partial charge in [-0.2, -0.15) is 0 Å². The Labute approximate surface area is 125 Å². The predicted octanol–water partition coefficient (Wildman–Crippen LogP) is 0.172. The van der Waals surface area contributed by atoms with Crippen molar-refractivity contribution in [3.8, 4) is 0 Å². The van der Waals surface area contributed by atoms with Crippen LogP contribution in [0.1, 0.15) is 32.6 Å². The van der Waals surface area contributed by atoms with E-state index < -0.39 is 37.2 Å². The Morgan fingerprint density at radius 1 is 1.29 bits per heavy atom. The van der Waals surface area contributed by atoms with Gasteiger partial charge < -0.3 is 24.9 Å². The molecule has 124 valence electrons. The summed E-state index contributed by atoms with van der Waals surface area (Å²) >= 11 is 0. The zero-order valence-corrected chi connectivity index (χ0v) is 13.5. The van der Waals surface area contributed by atoms with Crippen molar-refractivity contribution in [2.24, 2.45) is 11.8 Å². The predicted molar refractivity (Wildman–Crippen MR) is 77.7 cm³/mol. The molecule has 4 N–H and O–H groups in total. The van der Waals surface area contributed by atoms with E-state index in [0.717, 1.165) is 25.8 Å². The number of hydrogen-bond acceptors (Lipinski definition) is 5. The lowest BCUT2D eigenvalue weighted by molar-refractivity contribution is -0.114. The Morgan fingerprint density at radius 2 is 1.90 bits per heavy atom. The van der Waals surface area contributed by atoms with Gasteiger partial charge in [0.05, 0.1) is 18.4 Å². The fourth-order valence-electron chi connectivity index (χ4n) is 2.62. The van der Waals surface area contributed by atoms with Crippen molar-refractivity contribution in [2.75, 3.05) is 26.7 Å². The monoisotopic (exact) mass is 323 g/mol. The first kappa shape index (κ1) is 18.7. The van der Waals surface area contributed by atoms with Gasteiger partial charge in [0.15, 0.2) is 5.34 Å². The number of ketones is 1. The molecule has 1 aliphatic carbocycles. The van der Waals surface area contributed by atoms with E-state index in [2.05, 4.69) is 6.92 Å². The molecule has 21 heavy (non-hydrogen) atoms. The van der Waals surface area contributed by atoms with Gasteiger partial charge in [-0.15, -0.1) is 0 Å². The zero-order chi connectivity index (χ0) is 16.3. The fourth-order valence-corrected chi connectivity index (χ4v) is 3.68. The number of nitrogens with zero attached hydrogens (tertiary/aromatic N) is 1. The molecule has 0 saturated heterocycles. The van der Waals surface area contributed by atoms with E-state index in [1.165, 1.54) is 0 Å². The molecule has 0 radical (unpaired) electrons. The van der Waals surface area contributed by atoms with E-state index in [1.807, 2.05) is 11.9 Å². The molecule has 1 saturated carbocycles. The second kappa shape index (κ2) is 7.31. The maximum absolute atomic E-state index is 11.6. The first-order valence-electron chi connectivity index (χ1n) is 7.30. The minimum absolute atomic E-state index is 0.188.